The molecular weight excluding hydrogens is 126 g/mol. The first-order valence-corrected chi connectivity index (χ1v) is 3.65. The van der Waals surface area contributed by atoms with Gasteiger partial charge in [0, 0.05) is 0 Å². The highest BCUT2D eigenvalue weighted by atomic mass is 16.1. The molecule has 1 fully saturated rings. The van der Waals surface area contributed by atoms with Crippen LogP contribution in [-0.2, 0) is 4.79 Å². The second-order valence-electron chi connectivity index (χ2n) is 2.79. The lowest BCUT2D eigenvalue weighted by Crippen LogP contribution is -2.30. The number of ketones is 1. The highest BCUT2D eigenvalue weighted by Crippen LogP contribution is 2.08. The van der Waals surface area contributed by atoms with E-state index in [0.29, 0.717) is 5.57 Å². The fourth-order valence-electron chi connectivity index (χ4n) is 1.21. The molecule has 1 heterocycles. The molecular formula is C8H13NO. The molecule has 1 N–H and O–H groups in total. The zero-order chi connectivity index (χ0) is 7.56. The standard InChI is InChI=1S/C8H13NO/c1-6(2)8(10)7-4-3-5-9-7/h7,9H,1,3-5H2,2H3/t7-/m0/s1. The summed E-state index contributed by atoms with van der Waals surface area (Å²) in [7, 11) is 0. The molecule has 0 amide bonds. The van der Waals surface area contributed by atoms with Gasteiger partial charge in [0.25, 0.3) is 0 Å². The number of carbonyl (C=O) groups is 1. The van der Waals surface area contributed by atoms with Crippen LogP contribution in [0.25, 0.3) is 0 Å². The summed E-state index contributed by atoms with van der Waals surface area (Å²) in [6.07, 6.45) is 2.09. The largest absolute Gasteiger partial charge is 0.307 e. The van der Waals surface area contributed by atoms with Crippen molar-refractivity contribution < 1.29 is 4.79 Å². The Morgan fingerprint density at radius 1 is 1.70 bits per heavy atom. The van der Waals surface area contributed by atoms with Gasteiger partial charge in [0.05, 0.1) is 6.04 Å². The third kappa shape index (κ3) is 1.45. The minimum absolute atomic E-state index is 0.0671. The number of rotatable bonds is 2. The van der Waals surface area contributed by atoms with Crippen molar-refractivity contribution in [2.75, 3.05) is 6.54 Å². The first-order chi connectivity index (χ1) is 4.72. The second-order valence-corrected chi connectivity index (χ2v) is 2.79. The molecule has 0 bridgehead atoms. The van der Waals surface area contributed by atoms with Crippen LogP contribution in [0.15, 0.2) is 12.2 Å². The SMILES string of the molecule is C=C(C)C(=O)[C@@H]1CCCN1. The molecule has 0 aromatic rings. The van der Waals surface area contributed by atoms with Crippen LogP contribution < -0.4 is 5.32 Å². The van der Waals surface area contributed by atoms with Crippen LogP contribution in [0.2, 0.25) is 0 Å². The summed E-state index contributed by atoms with van der Waals surface area (Å²) in [6.45, 7) is 6.35. The second kappa shape index (κ2) is 2.97. The summed E-state index contributed by atoms with van der Waals surface area (Å²) in [5.41, 5.74) is 0.666. The molecule has 10 heavy (non-hydrogen) atoms. The van der Waals surface area contributed by atoms with E-state index in [-0.39, 0.29) is 11.8 Å². The average Bonchev–Trinajstić information content (AvgIpc) is 2.36. The third-order valence-corrected chi connectivity index (χ3v) is 1.80. The zero-order valence-corrected chi connectivity index (χ0v) is 6.31. The van der Waals surface area contributed by atoms with Crippen LogP contribution in [0.5, 0.6) is 0 Å². The van der Waals surface area contributed by atoms with Crippen LogP contribution in [0, 0.1) is 0 Å². The van der Waals surface area contributed by atoms with E-state index in [1.807, 2.05) is 0 Å². The van der Waals surface area contributed by atoms with E-state index in [2.05, 4.69) is 11.9 Å². The Labute approximate surface area is 61.3 Å². The molecule has 56 valence electrons. The lowest BCUT2D eigenvalue weighted by molar-refractivity contribution is -0.117. The lowest BCUT2D eigenvalue weighted by atomic mass is 10.1. The molecule has 0 aliphatic carbocycles. The Morgan fingerprint density at radius 3 is 2.80 bits per heavy atom. The topological polar surface area (TPSA) is 29.1 Å². The molecule has 1 aliphatic rings. The van der Waals surface area contributed by atoms with Crippen molar-refractivity contribution in [1.29, 1.82) is 0 Å². The van der Waals surface area contributed by atoms with E-state index >= 15 is 0 Å². The molecule has 1 saturated heterocycles. The number of carbonyl (C=O) groups excluding carboxylic acids is 1. The van der Waals surface area contributed by atoms with Gasteiger partial charge in [-0.1, -0.05) is 6.58 Å². The summed E-state index contributed by atoms with van der Waals surface area (Å²) in [5, 5.41) is 3.13. The van der Waals surface area contributed by atoms with Crippen LogP contribution in [-0.4, -0.2) is 18.4 Å². The van der Waals surface area contributed by atoms with Crippen LogP contribution in [0.4, 0.5) is 0 Å². The lowest BCUT2D eigenvalue weighted by Gasteiger charge is -2.06. The van der Waals surface area contributed by atoms with Crippen molar-refractivity contribution in [2.45, 2.75) is 25.8 Å². The molecule has 0 unspecified atom stereocenters. The number of hydrogen-bond donors (Lipinski definition) is 1. The normalized spacial score (nSPS) is 24.7. The molecule has 2 nitrogen and oxygen atoms in total. The molecule has 1 rings (SSSR count). The van der Waals surface area contributed by atoms with Gasteiger partial charge in [0.15, 0.2) is 5.78 Å². The van der Waals surface area contributed by atoms with Gasteiger partial charge in [-0.05, 0) is 31.9 Å². The van der Waals surface area contributed by atoms with Crippen molar-refractivity contribution in [3.05, 3.63) is 12.2 Å². The highest BCUT2D eigenvalue weighted by Gasteiger charge is 2.21. The Morgan fingerprint density at radius 2 is 2.40 bits per heavy atom. The fraction of sp³-hybridized carbons (Fsp3) is 0.625. The Bertz CT molecular complexity index is 157. The third-order valence-electron chi connectivity index (χ3n) is 1.80. The summed E-state index contributed by atoms with van der Waals surface area (Å²) in [4.78, 5) is 11.2. The summed E-state index contributed by atoms with van der Waals surface area (Å²) in [5.74, 6) is 0.178. The molecule has 0 spiro atoms. The molecule has 0 aromatic heterocycles. The van der Waals surface area contributed by atoms with E-state index in [9.17, 15) is 4.79 Å². The van der Waals surface area contributed by atoms with Crippen molar-refractivity contribution in [1.82, 2.24) is 5.32 Å². The Hall–Kier alpha value is -0.630. The highest BCUT2D eigenvalue weighted by molar-refractivity contribution is 5.98. The first kappa shape index (κ1) is 7.48. The van der Waals surface area contributed by atoms with Gasteiger partial charge < -0.3 is 5.32 Å². The van der Waals surface area contributed by atoms with Crippen LogP contribution in [0.1, 0.15) is 19.8 Å². The smallest absolute Gasteiger partial charge is 0.174 e. The number of hydrogen-bond acceptors (Lipinski definition) is 2. The van der Waals surface area contributed by atoms with Crippen molar-refractivity contribution in [2.24, 2.45) is 0 Å². The Balaban J connectivity index is 2.48. The van der Waals surface area contributed by atoms with E-state index in [4.69, 9.17) is 0 Å². The quantitative estimate of drug-likeness (QED) is 0.575. The van der Waals surface area contributed by atoms with Crippen molar-refractivity contribution in [3.8, 4) is 0 Å². The molecule has 0 aromatic carbocycles. The summed E-state index contributed by atoms with van der Waals surface area (Å²) in [6, 6.07) is 0.0671. The van der Waals surface area contributed by atoms with E-state index in [0.717, 1.165) is 19.4 Å². The van der Waals surface area contributed by atoms with Gasteiger partial charge in [0.1, 0.15) is 0 Å². The maximum atomic E-state index is 11.2. The van der Waals surface area contributed by atoms with Gasteiger partial charge in [-0.3, -0.25) is 4.79 Å². The van der Waals surface area contributed by atoms with Crippen molar-refractivity contribution >= 4 is 5.78 Å². The molecule has 1 aliphatic heterocycles. The predicted molar refractivity (Wildman–Crippen MR) is 40.8 cm³/mol. The minimum atomic E-state index is 0.0671. The molecule has 0 radical (unpaired) electrons. The minimum Gasteiger partial charge on any atom is -0.307 e. The number of nitrogens with one attached hydrogen (secondary N) is 1. The van der Waals surface area contributed by atoms with Crippen molar-refractivity contribution in [3.63, 3.8) is 0 Å². The molecule has 0 saturated carbocycles. The summed E-state index contributed by atoms with van der Waals surface area (Å²) >= 11 is 0. The fourth-order valence-corrected chi connectivity index (χ4v) is 1.21. The van der Waals surface area contributed by atoms with Gasteiger partial charge in [-0.15, -0.1) is 0 Å². The number of Topliss-reactive ketones (excluding diaryl/α,β-unsaturated/α-hetero) is 1. The van der Waals surface area contributed by atoms with Gasteiger partial charge in [-0.25, -0.2) is 0 Å². The molecule has 1 atom stereocenters. The van der Waals surface area contributed by atoms with E-state index in [1.54, 1.807) is 6.92 Å². The maximum Gasteiger partial charge on any atom is 0.174 e. The molecule has 2 heteroatoms. The predicted octanol–water partition coefficient (Wildman–Crippen LogP) is 0.884. The van der Waals surface area contributed by atoms with Crippen LogP contribution >= 0.6 is 0 Å². The average molecular weight is 139 g/mol. The van der Waals surface area contributed by atoms with Gasteiger partial charge in [0.2, 0.25) is 0 Å². The Kier molecular flexibility index (Phi) is 2.22. The van der Waals surface area contributed by atoms with E-state index < -0.39 is 0 Å². The zero-order valence-electron chi connectivity index (χ0n) is 6.31. The van der Waals surface area contributed by atoms with Gasteiger partial charge >= 0.3 is 0 Å². The maximum absolute atomic E-state index is 11.2. The van der Waals surface area contributed by atoms with Crippen LogP contribution in [0.3, 0.4) is 0 Å². The van der Waals surface area contributed by atoms with E-state index in [1.165, 1.54) is 0 Å². The van der Waals surface area contributed by atoms with Gasteiger partial charge in [-0.2, -0.15) is 0 Å². The monoisotopic (exact) mass is 139 g/mol. The summed E-state index contributed by atoms with van der Waals surface area (Å²) < 4.78 is 0. The first-order valence-electron chi connectivity index (χ1n) is 3.65.